The van der Waals surface area contributed by atoms with Gasteiger partial charge in [-0.1, -0.05) is 0 Å². The van der Waals surface area contributed by atoms with Gasteiger partial charge in [-0.15, -0.1) is 0 Å². The minimum atomic E-state index is -2.89. The van der Waals surface area contributed by atoms with Crippen molar-refractivity contribution in [3.63, 3.8) is 0 Å². The maximum absolute atomic E-state index is 12.2. The van der Waals surface area contributed by atoms with E-state index in [1.54, 1.807) is 24.4 Å². The Labute approximate surface area is 114 Å². The van der Waals surface area contributed by atoms with E-state index in [0.29, 0.717) is 22.6 Å². The van der Waals surface area contributed by atoms with Crippen LogP contribution in [0.3, 0.4) is 0 Å². The number of aliphatic hydroxyl groups is 1. The number of methoxy groups -OCH3 is 1. The molecule has 0 atom stereocenters. The Morgan fingerprint density at radius 3 is 2.70 bits per heavy atom. The molecule has 6 heteroatoms. The van der Waals surface area contributed by atoms with Crippen molar-refractivity contribution < 1.29 is 23.4 Å². The van der Waals surface area contributed by atoms with Gasteiger partial charge in [-0.2, -0.15) is 8.78 Å². The molecule has 0 unspecified atom stereocenters. The minimum Gasteiger partial charge on any atom is -0.496 e. The summed E-state index contributed by atoms with van der Waals surface area (Å²) in [4.78, 5) is 4.18. The maximum atomic E-state index is 12.2. The lowest BCUT2D eigenvalue weighted by Crippen LogP contribution is -2.02. The van der Waals surface area contributed by atoms with Crippen molar-refractivity contribution in [2.75, 3.05) is 7.11 Å². The number of aliphatic hydroxyl groups excluding tert-OH is 1. The zero-order chi connectivity index (χ0) is 14.5. The van der Waals surface area contributed by atoms with E-state index in [2.05, 4.69) is 9.72 Å². The topological polar surface area (TPSA) is 51.6 Å². The molecule has 0 aliphatic heterocycles. The summed E-state index contributed by atoms with van der Waals surface area (Å²) in [5.74, 6) is 0.379. The van der Waals surface area contributed by atoms with E-state index in [1.807, 2.05) is 0 Å². The van der Waals surface area contributed by atoms with Gasteiger partial charge in [-0.25, -0.2) is 0 Å². The summed E-state index contributed by atoms with van der Waals surface area (Å²) in [6, 6.07) is 7.75. The summed E-state index contributed by atoms with van der Waals surface area (Å²) in [7, 11) is 1.43. The average Bonchev–Trinajstić information content (AvgIpc) is 2.46. The van der Waals surface area contributed by atoms with E-state index in [0.717, 1.165) is 0 Å². The molecule has 0 radical (unpaired) electrons. The molecule has 0 saturated heterocycles. The fraction of sp³-hybridized carbons (Fsp3) is 0.214. The second-order valence-corrected chi connectivity index (χ2v) is 3.95. The molecule has 1 heterocycles. The summed E-state index contributed by atoms with van der Waals surface area (Å²) in [6.45, 7) is -2.99. The number of pyridine rings is 1. The third-order valence-electron chi connectivity index (χ3n) is 2.68. The lowest BCUT2D eigenvalue weighted by atomic mass is 10.1. The SMILES string of the molecule is COc1cc(OC(F)F)ccc1-c1cc(CO)ccn1. The van der Waals surface area contributed by atoms with E-state index >= 15 is 0 Å². The molecule has 0 aliphatic rings. The van der Waals surface area contributed by atoms with E-state index in [4.69, 9.17) is 9.84 Å². The highest BCUT2D eigenvalue weighted by Gasteiger charge is 2.11. The fourth-order valence-corrected chi connectivity index (χ4v) is 1.78. The number of hydrogen-bond donors (Lipinski definition) is 1. The molecule has 2 rings (SSSR count). The van der Waals surface area contributed by atoms with Crippen molar-refractivity contribution >= 4 is 0 Å². The molecule has 2 aromatic rings. The van der Waals surface area contributed by atoms with Crippen LogP contribution in [0.1, 0.15) is 5.56 Å². The van der Waals surface area contributed by atoms with Gasteiger partial charge in [-0.3, -0.25) is 4.98 Å². The van der Waals surface area contributed by atoms with Gasteiger partial charge in [0.15, 0.2) is 0 Å². The molecule has 0 aliphatic carbocycles. The van der Waals surface area contributed by atoms with Gasteiger partial charge in [0.2, 0.25) is 0 Å². The van der Waals surface area contributed by atoms with Crippen molar-refractivity contribution in [3.05, 3.63) is 42.1 Å². The monoisotopic (exact) mass is 281 g/mol. The third kappa shape index (κ3) is 3.21. The van der Waals surface area contributed by atoms with E-state index in [9.17, 15) is 8.78 Å². The number of nitrogens with zero attached hydrogens (tertiary/aromatic N) is 1. The van der Waals surface area contributed by atoms with Gasteiger partial charge in [0.25, 0.3) is 0 Å². The molecule has 0 bridgehead atoms. The Balaban J connectivity index is 2.40. The van der Waals surface area contributed by atoms with Gasteiger partial charge < -0.3 is 14.6 Å². The van der Waals surface area contributed by atoms with Crippen molar-refractivity contribution in [2.24, 2.45) is 0 Å². The number of rotatable bonds is 5. The summed E-state index contributed by atoms with van der Waals surface area (Å²) >= 11 is 0. The van der Waals surface area contributed by atoms with Crippen LogP contribution in [0.15, 0.2) is 36.5 Å². The van der Waals surface area contributed by atoms with Gasteiger partial charge in [0, 0.05) is 17.8 Å². The largest absolute Gasteiger partial charge is 0.496 e. The smallest absolute Gasteiger partial charge is 0.387 e. The van der Waals surface area contributed by atoms with Crippen LogP contribution in [-0.2, 0) is 6.61 Å². The Hall–Kier alpha value is -2.21. The Kier molecular flexibility index (Phi) is 4.47. The number of halogens is 2. The Bertz CT molecular complexity index is 590. The molecular weight excluding hydrogens is 268 g/mol. The molecular formula is C14H13F2NO3. The van der Waals surface area contributed by atoms with Gasteiger partial charge >= 0.3 is 6.61 Å². The van der Waals surface area contributed by atoms with Crippen LogP contribution in [-0.4, -0.2) is 23.8 Å². The number of alkyl halides is 2. The molecule has 0 amide bonds. The molecule has 1 aromatic carbocycles. The molecule has 20 heavy (non-hydrogen) atoms. The van der Waals surface area contributed by atoms with E-state index in [1.165, 1.54) is 19.2 Å². The van der Waals surface area contributed by atoms with Gasteiger partial charge in [0.1, 0.15) is 11.5 Å². The first-order chi connectivity index (χ1) is 9.63. The molecule has 0 fully saturated rings. The van der Waals surface area contributed by atoms with Gasteiger partial charge in [0.05, 0.1) is 19.4 Å². The summed E-state index contributed by atoms with van der Waals surface area (Å²) in [5, 5.41) is 9.12. The predicted molar refractivity (Wildman–Crippen MR) is 68.8 cm³/mol. The summed E-state index contributed by atoms with van der Waals surface area (Å²) in [6.07, 6.45) is 1.56. The molecule has 0 spiro atoms. The predicted octanol–water partition coefficient (Wildman–Crippen LogP) is 2.85. The lowest BCUT2D eigenvalue weighted by Gasteiger charge is -2.11. The highest BCUT2D eigenvalue weighted by atomic mass is 19.3. The second-order valence-electron chi connectivity index (χ2n) is 3.95. The van der Waals surface area contributed by atoms with E-state index < -0.39 is 6.61 Å². The van der Waals surface area contributed by atoms with Crippen molar-refractivity contribution in [3.8, 4) is 22.8 Å². The van der Waals surface area contributed by atoms with Crippen molar-refractivity contribution in [2.45, 2.75) is 13.2 Å². The first kappa shape index (κ1) is 14.2. The normalized spacial score (nSPS) is 10.7. The standard InChI is InChI=1S/C14H13F2NO3/c1-19-13-7-10(20-14(15)16)2-3-11(13)12-6-9(8-18)4-5-17-12/h2-7,14,18H,8H2,1H3. The van der Waals surface area contributed by atoms with Crippen LogP contribution in [0.2, 0.25) is 0 Å². The maximum Gasteiger partial charge on any atom is 0.387 e. The van der Waals surface area contributed by atoms with Crippen LogP contribution in [0.25, 0.3) is 11.3 Å². The first-order valence-corrected chi connectivity index (χ1v) is 5.83. The van der Waals surface area contributed by atoms with Gasteiger partial charge in [-0.05, 0) is 29.8 Å². The third-order valence-corrected chi connectivity index (χ3v) is 2.68. The summed E-state index contributed by atoms with van der Waals surface area (Å²) in [5.41, 5.74) is 1.91. The quantitative estimate of drug-likeness (QED) is 0.915. The number of benzene rings is 1. The number of ether oxygens (including phenoxy) is 2. The minimum absolute atomic E-state index is 0.0129. The molecule has 1 N–H and O–H groups in total. The zero-order valence-corrected chi connectivity index (χ0v) is 10.7. The Morgan fingerprint density at radius 2 is 2.05 bits per heavy atom. The number of hydrogen-bond acceptors (Lipinski definition) is 4. The fourth-order valence-electron chi connectivity index (χ4n) is 1.78. The van der Waals surface area contributed by atoms with Crippen molar-refractivity contribution in [1.82, 2.24) is 4.98 Å². The van der Waals surface area contributed by atoms with Crippen LogP contribution in [0.4, 0.5) is 8.78 Å². The van der Waals surface area contributed by atoms with Crippen LogP contribution in [0, 0.1) is 0 Å². The molecule has 0 saturated carbocycles. The number of aromatic nitrogens is 1. The Morgan fingerprint density at radius 1 is 1.25 bits per heavy atom. The molecule has 4 nitrogen and oxygen atoms in total. The molecule has 1 aromatic heterocycles. The average molecular weight is 281 g/mol. The highest BCUT2D eigenvalue weighted by molar-refractivity contribution is 5.68. The van der Waals surface area contributed by atoms with Crippen LogP contribution in [0.5, 0.6) is 11.5 Å². The first-order valence-electron chi connectivity index (χ1n) is 5.83. The van der Waals surface area contributed by atoms with Crippen LogP contribution < -0.4 is 9.47 Å². The van der Waals surface area contributed by atoms with Crippen LogP contribution >= 0.6 is 0 Å². The zero-order valence-electron chi connectivity index (χ0n) is 10.7. The lowest BCUT2D eigenvalue weighted by molar-refractivity contribution is -0.0499. The highest BCUT2D eigenvalue weighted by Crippen LogP contribution is 2.33. The molecule has 106 valence electrons. The summed E-state index contributed by atoms with van der Waals surface area (Å²) < 4.78 is 33.8. The van der Waals surface area contributed by atoms with E-state index in [-0.39, 0.29) is 12.4 Å². The second kappa shape index (κ2) is 6.29. The van der Waals surface area contributed by atoms with Crippen molar-refractivity contribution in [1.29, 1.82) is 0 Å².